The fraction of sp³-hybridized carbons (Fsp3) is 0.400. The molecule has 0 aromatic heterocycles. The van der Waals surface area contributed by atoms with E-state index in [9.17, 15) is 0 Å². The molecule has 1 atom stereocenters. The van der Waals surface area contributed by atoms with Gasteiger partial charge in [-0.15, -0.1) is 0 Å². The van der Waals surface area contributed by atoms with Crippen LogP contribution in [0.3, 0.4) is 0 Å². The Kier molecular flexibility index (Phi) is 2.74. The Balaban J connectivity index is 2.93. The zero-order valence-corrected chi connectivity index (χ0v) is 8.95. The van der Waals surface area contributed by atoms with E-state index in [0.29, 0.717) is 0 Å². The molecule has 1 aromatic rings. The lowest BCUT2D eigenvalue weighted by Crippen LogP contribution is -2.10. The molecule has 0 heterocycles. The third-order valence-corrected chi connectivity index (χ3v) is 2.13. The zero-order valence-electron chi connectivity index (χ0n) is 7.79. The minimum atomic E-state index is 0.222. The van der Waals surface area contributed by atoms with Crippen LogP contribution in [0.5, 0.6) is 5.75 Å². The van der Waals surface area contributed by atoms with Crippen molar-refractivity contribution in [1.29, 1.82) is 0 Å². The van der Waals surface area contributed by atoms with Crippen LogP contribution in [0.15, 0.2) is 24.3 Å². The molecule has 0 amide bonds. The summed E-state index contributed by atoms with van der Waals surface area (Å²) in [6.45, 7) is 6.59. The molecule has 0 aliphatic rings. The molecule has 1 unspecified atom stereocenters. The van der Waals surface area contributed by atoms with Gasteiger partial charge in [-0.25, -0.2) is 0 Å². The lowest BCUT2D eigenvalue weighted by Gasteiger charge is -2.18. The standard InChI is InChI=1S/C10H15OP/c1-10(2,3)8-4-6-9(11-12)7-5-8/h4-7H,12H2,1-3H3. The first-order valence-electron chi connectivity index (χ1n) is 4.01. The van der Waals surface area contributed by atoms with Gasteiger partial charge in [-0.2, -0.15) is 0 Å². The summed E-state index contributed by atoms with van der Waals surface area (Å²) in [5.41, 5.74) is 1.55. The summed E-state index contributed by atoms with van der Waals surface area (Å²) in [6.07, 6.45) is 0. The Hall–Kier alpha value is -0.550. The average Bonchev–Trinajstić information content (AvgIpc) is 2.03. The first-order chi connectivity index (χ1) is 5.54. The molecule has 1 aromatic carbocycles. The van der Waals surface area contributed by atoms with Gasteiger partial charge in [0.15, 0.2) is 0 Å². The highest BCUT2D eigenvalue weighted by atomic mass is 31.0. The van der Waals surface area contributed by atoms with Crippen LogP contribution < -0.4 is 4.52 Å². The van der Waals surface area contributed by atoms with Gasteiger partial charge in [0.25, 0.3) is 0 Å². The minimum absolute atomic E-state index is 0.222. The predicted molar refractivity (Wildman–Crippen MR) is 55.5 cm³/mol. The Labute approximate surface area is 76.4 Å². The average molecular weight is 182 g/mol. The van der Waals surface area contributed by atoms with Crippen molar-refractivity contribution in [2.75, 3.05) is 0 Å². The highest BCUT2D eigenvalue weighted by molar-refractivity contribution is 7.10. The van der Waals surface area contributed by atoms with E-state index in [-0.39, 0.29) is 5.41 Å². The van der Waals surface area contributed by atoms with Gasteiger partial charge in [0.05, 0.1) is 9.47 Å². The van der Waals surface area contributed by atoms with Crippen molar-refractivity contribution < 1.29 is 4.52 Å². The molecule has 0 saturated carbocycles. The molecule has 66 valence electrons. The second-order valence-corrected chi connectivity index (χ2v) is 4.13. The molecule has 0 N–H and O–H groups in total. The molecule has 0 radical (unpaired) electrons. The molecule has 0 fully saturated rings. The van der Waals surface area contributed by atoms with Gasteiger partial charge in [0, 0.05) is 0 Å². The van der Waals surface area contributed by atoms with Crippen LogP contribution in [0.25, 0.3) is 0 Å². The van der Waals surface area contributed by atoms with Crippen LogP contribution in [-0.2, 0) is 5.41 Å². The van der Waals surface area contributed by atoms with Crippen molar-refractivity contribution in [2.45, 2.75) is 26.2 Å². The summed E-state index contributed by atoms with van der Waals surface area (Å²) in [5.74, 6) is 0.882. The maximum Gasteiger partial charge on any atom is 0.122 e. The summed E-state index contributed by atoms with van der Waals surface area (Å²) >= 11 is 0. The first kappa shape index (κ1) is 9.54. The third kappa shape index (κ3) is 2.22. The van der Waals surface area contributed by atoms with Gasteiger partial charge in [-0.3, -0.25) is 0 Å². The van der Waals surface area contributed by atoms with Crippen molar-refractivity contribution >= 4 is 9.47 Å². The van der Waals surface area contributed by atoms with E-state index in [4.69, 9.17) is 4.52 Å². The summed E-state index contributed by atoms with van der Waals surface area (Å²) in [7, 11) is 2.24. The molecule has 2 heteroatoms. The van der Waals surface area contributed by atoms with Crippen LogP contribution >= 0.6 is 9.47 Å². The fourth-order valence-corrected chi connectivity index (χ4v) is 1.19. The summed E-state index contributed by atoms with van der Waals surface area (Å²) in [4.78, 5) is 0. The Morgan fingerprint density at radius 1 is 1.08 bits per heavy atom. The minimum Gasteiger partial charge on any atom is -0.480 e. The van der Waals surface area contributed by atoms with E-state index in [0.717, 1.165) is 5.75 Å². The van der Waals surface area contributed by atoms with Crippen LogP contribution in [0.1, 0.15) is 26.3 Å². The van der Waals surface area contributed by atoms with E-state index in [2.05, 4.69) is 42.4 Å². The number of benzene rings is 1. The lowest BCUT2D eigenvalue weighted by molar-refractivity contribution is 0.587. The topological polar surface area (TPSA) is 9.23 Å². The van der Waals surface area contributed by atoms with Gasteiger partial charge < -0.3 is 4.52 Å². The lowest BCUT2D eigenvalue weighted by atomic mass is 9.87. The highest BCUT2D eigenvalue weighted by Crippen LogP contribution is 2.24. The zero-order chi connectivity index (χ0) is 9.19. The first-order valence-corrected chi connectivity index (χ1v) is 4.48. The summed E-state index contributed by atoms with van der Waals surface area (Å²) < 4.78 is 5.00. The van der Waals surface area contributed by atoms with Crippen molar-refractivity contribution in [1.82, 2.24) is 0 Å². The van der Waals surface area contributed by atoms with Crippen LogP contribution in [-0.4, -0.2) is 0 Å². The number of hydrogen-bond donors (Lipinski definition) is 0. The van der Waals surface area contributed by atoms with Crippen LogP contribution in [0.4, 0.5) is 0 Å². The monoisotopic (exact) mass is 182 g/mol. The molecule has 0 aliphatic heterocycles. The van der Waals surface area contributed by atoms with Crippen LogP contribution in [0, 0.1) is 0 Å². The second-order valence-electron chi connectivity index (χ2n) is 3.89. The summed E-state index contributed by atoms with van der Waals surface area (Å²) in [5, 5.41) is 0. The Bertz CT molecular complexity index is 246. The number of rotatable bonds is 1. The number of hydrogen-bond acceptors (Lipinski definition) is 1. The molecular formula is C10H15OP. The second kappa shape index (κ2) is 3.45. The maximum atomic E-state index is 5.00. The fourth-order valence-electron chi connectivity index (χ4n) is 1.03. The molecule has 0 saturated heterocycles. The van der Waals surface area contributed by atoms with Crippen LogP contribution in [0.2, 0.25) is 0 Å². The molecule has 1 rings (SSSR count). The van der Waals surface area contributed by atoms with Gasteiger partial charge in [-0.1, -0.05) is 32.9 Å². The van der Waals surface area contributed by atoms with Crippen molar-refractivity contribution in [3.05, 3.63) is 29.8 Å². The summed E-state index contributed by atoms with van der Waals surface area (Å²) in [6, 6.07) is 8.15. The molecule has 12 heavy (non-hydrogen) atoms. The molecule has 0 bridgehead atoms. The van der Waals surface area contributed by atoms with Gasteiger partial charge in [0.2, 0.25) is 0 Å². The van der Waals surface area contributed by atoms with E-state index < -0.39 is 0 Å². The Morgan fingerprint density at radius 3 is 1.92 bits per heavy atom. The Morgan fingerprint density at radius 2 is 1.58 bits per heavy atom. The maximum absolute atomic E-state index is 5.00. The van der Waals surface area contributed by atoms with Gasteiger partial charge >= 0.3 is 0 Å². The van der Waals surface area contributed by atoms with E-state index in [1.54, 1.807) is 0 Å². The van der Waals surface area contributed by atoms with Gasteiger partial charge in [-0.05, 0) is 23.1 Å². The van der Waals surface area contributed by atoms with Crippen molar-refractivity contribution in [2.24, 2.45) is 0 Å². The van der Waals surface area contributed by atoms with E-state index in [1.165, 1.54) is 5.56 Å². The third-order valence-electron chi connectivity index (χ3n) is 1.86. The normalized spacial score (nSPS) is 11.3. The molecular weight excluding hydrogens is 167 g/mol. The van der Waals surface area contributed by atoms with Gasteiger partial charge in [0.1, 0.15) is 5.75 Å². The smallest absolute Gasteiger partial charge is 0.122 e. The quantitative estimate of drug-likeness (QED) is 0.606. The van der Waals surface area contributed by atoms with Crippen molar-refractivity contribution in [3.8, 4) is 5.75 Å². The molecule has 0 spiro atoms. The molecule has 1 nitrogen and oxygen atoms in total. The largest absolute Gasteiger partial charge is 0.480 e. The van der Waals surface area contributed by atoms with Crippen molar-refractivity contribution in [3.63, 3.8) is 0 Å². The highest BCUT2D eigenvalue weighted by Gasteiger charge is 2.12. The van der Waals surface area contributed by atoms with E-state index >= 15 is 0 Å². The SMILES string of the molecule is CC(C)(C)c1ccc(OP)cc1. The van der Waals surface area contributed by atoms with E-state index in [1.807, 2.05) is 12.1 Å². The predicted octanol–water partition coefficient (Wildman–Crippen LogP) is 3.15. The molecule has 0 aliphatic carbocycles.